The van der Waals surface area contributed by atoms with E-state index in [0.29, 0.717) is 12.2 Å². The van der Waals surface area contributed by atoms with Crippen LogP contribution in [0.15, 0.2) is 35.9 Å². The van der Waals surface area contributed by atoms with E-state index in [1.807, 2.05) is 26.0 Å². The molecule has 148 valence electrons. The van der Waals surface area contributed by atoms with Crippen molar-refractivity contribution in [1.82, 2.24) is 10.6 Å². The van der Waals surface area contributed by atoms with Crippen molar-refractivity contribution in [2.75, 3.05) is 11.9 Å². The van der Waals surface area contributed by atoms with Crippen molar-refractivity contribution in [3.8, 4) is 0 Å². The molecule has 0 atom stereocenters. The van der Waals surface area contributed by atoms with Crippen molar-refractivity contribution in [2.45, 2.75) is 53.2 Å². The number of alkyl carbamates (subject to hydrolysis) is 1. The summed E-state index contributed by atoms with van der Waals surface area (Å²) >= 11 is 0. The number of nitrogens with one attached hydrogen (secondary N) is 3. The quantitative estimate of drug-likeness (QED) is 0.638. The van der Waals surface area contributed by atoms with Gasteiger partial charge in [0.05, 0.1) is 0 Å². The van der Waals surface area contributed by atoms with Gasteiger partial charge in [-0.25, -0.2) is 4.79 Å². The standard InChI is InChI=1S/C20H29N3O4/c1-14(2)11-18(25)23-16-8-6-7-15(12-16)13-22-17(24)9-10-21-19(26)27-20(3,4)5/h6-8,11-12H,9-10,13H2,1-5H3,(H,21,26)(H,22,24)(H,23,25). The molecule has 0 aliphatic heterocycles. The van der Waals surface area contributed by atoms with Crippen LogP contribution in [-0.4, -0.2) is 30.1 Å². The lowest BCUT2D eigenvalue weighted by atomic mass is 10.2. The summed E-state index contributed by atoms with van der Waals surface area (Å²) in [6, 6.07) is 7.25. The van der Waals surface area contributed by atoms with Crippen LogP contribution in [0, 0.1) is 0 Å². The Bertz CT molecular complexity index is 701. The van der Waals surface area contributed by atoms with Gasteiger partial charge >= 0.3 is 6.09 Å². The molecule has 0 aliphatic rings. The van der Waals surface area contributed by atoms with Gasteiger partial charge in [-0.3, -0.25) is 9.59 Å². The van der Waals surface area contributed by atoms with E-state index in [1.54, 1.807) is 32.9 Å². The molecule has 0 saturated carbocycles. The van der Waals surface area contributed by atoms with Crippen LogP contribution in [0.25, 0.3) is 0 Å². The largest absolute Gasteiger partial charge is 0.444 e. The first kappa shape index (κ1) is 22.2. The third-order valence-corrected chi connectivity index (χ3v) is 3.12. The summed E-state index contributed by atoms with van der Waals surface area (Å²) in [6.45, 7) is 9.55. The number of benzene rings is 1. The fraction of sp³-hybridized carbons (Fsp3) is 0.450. The van der Waals surface area contributed by atoms with Gasteiger partial charge < -0.3 is 20.7 Å². The summed E-state index contributed by atoms with van der Waals surface area (Å²) < 4.78 is 5.10. The lowest BCUT2D eigenvalue weighted by Crippen LogP contribution is -2.35. The van der Waals surface area contributed by atoms with Gasteiger partial charge in [0.1, 0.15) is 5.60 Å². The fourth-order valence-corrected chi connectivity index (χ4v) is 2.08. The Balaban J connectivity index is 2.39. The summed E-state index contributed by atoms with van der Waals surface area (Å²) in [7, 11) is 0. The Labute approximate surface area is 160 Å². The van der Waals surface area contributed by atoms with Crippen molar-refractivity contribution in [3.63, 3.8) is 0 Å². The average Bonchev–Trinajstić information content (AvgIpc) is 2.50. The maximum Gasteiger partial charge on any atom is 0.407 e. The lowest BCUT2D eigenvalue weighted by molar-refractivity contribution is -0.121. The minimum atomic E-state index is -0.571. The van der Waals surface area contributed by atoms with Crippen LogP contribution in [0.5, 0.6) is 0 Å². The van der Waals surface area contributed by atoms with E-state index in [-0.39, 0.29) is 24.8 Å². The van der Waals surface area contributed by atoms with Gasteiger partial charge in [0, 0.05) is 31.3 Å². The van der Waals surface area contributed by atoms with Crippen LogP contribution in [0.2, 0.25) is 0 Å². The van der Waals surface area contributed by atoms with Gasteiger partial charge in [-0.15, -0.1) is 0 Å². The minimum absolute atomic E-state index is 0.149. The molecule has 1 aromatic rings. The average molecular weight is 375 g/mol. The molecule has 0 bridgehead atoms. The van der Waals surface area contributed by atoms with Crippen LogP contribution in [0.1, 0.15) is 46.6 Å². The molecular formula is C20H29N3O4. The maximum atomic E-state index is 11.9. The van der Waals surface area contributed by atoms with E-state index >= 15 is 0 Å². The highest BCUT2D eigenvalue weighted by Crippen LogP contribution is 2.11. The number of amides is 3. The highest BCUT2D eigenvalue weighted by atomic mass is 16.6. The van der Waals surface area contributed by atoms with Crippen LogP contribution in [0.4, 0.5) is 10.5 Å². The molecule has 3 N–H and O–H groups in total. The summed E-state index contributed by atoms with van der Waals surface area (Å²) in [5.74, 6) is -0.380. The van der Waals surface area contributed by atoms with Crippen molar-refractivity contribution in [2.24, 2.45) is 0 Å². The summed E-state index contributed by atoms with van der Waals surface area (Å²) in [5, 5.41) is 8.09. The van der Waals surface area contributed by atoms with E-state index in [1.165, 1.54) is 6.08 Å². The van der Waals surface area contributed by atoms with E-state index in [4.69, 9.17) is 4.74 Å². The molecule has 0 heterocycles. The van der Waals surface area contributed by atoms with Crippen LogP contribution < -0.4 is 16.0 Å². The molecule has 1 aromatic carbocycles. The first-order valence-corrected chi connectivity index (χ1v) is 8.83. The lowest BCUT2D eigenvalue weighted by Gasteiger charge is -2.19. The van der Waals surface area contributed by atoms with Gasteiger partial charge in [-0.2, -0.15) is 0 Å². The molecule has 0 spiro atoms. The number of anilines is 1. The zero-order valence-corrected chi connectivity index (χ0v) is 16.6. The number of allylic oxidation sites excluding steroid dienone is 1. The highest BCUT2D eigenvalue weighted by Gasteiger charge is 2.15. The Kier molecular flexibility index (Phi) is 8.51. The third kappa shape index (κ3) is 10.7. The predicted molar refractivity (Wildman–Crippen MR) is 105 cm³/mol. The zero-order valence-electron chi connectivity index (χ0n) is 16.6. The molecule has 3 amide bonds. The normalized spacial score (nSPS) is 10.6. The molecule has 0 aromatic heterocycles. The van der Waals surface area contributed by atoms with Crippen LogP contribution in [-0.2, 0) is 20.9 Å². The molecule has 0 fully saturated rings. The van der Waals surface area contributed by atoms with Crippen LogP contribution >= 0.6 is 0 Å². The first-order chi connectivity index (χ1) is 12.5. The molecule has 0 aliphatic carbocycles. The number of hydrogen-bond donors (Lipinski definition) is 3. The van der Waals surface area contributed by atoms with Crippen molar-refractivity contribution in [3.05, 3.63) is 41.5 Å². The predicted octanol–water partition coefficient (Wildman–Crippen LogP) is 3.12. The maximum absolute atomic E-state index is 11.9. The van der Waals surface area contributed by atoms with Gasteiger partial charge in [-0.05, 0) is 52.3 Å². The second-order valence-electron chi connectivity index (χ2n) is 7.37. The van der Waals surface area contributed by atoms with Gasteiger partial charge in [0.15, 0.2) is 0 Å². The smallest absolute Gasteiger partial charge is 0.407 e. The highest BCUT2D eigenvalue weighted by molar-refractivity contribution is 5.99. The molecule has 0 unspecified atom stereocenters. The first-order valence-electron chi connectivity index (χ1n) is 8.83. The van der Waals surface area contributed by atoms with E-state index < -0.39 is 11.7 Å². The number of rotatable bonds is 7. The number of carbonyl (C=O) groups is 3. The minimum Gasteiger partial charge on any atom is -0.444 e. The number of carbonyl (C=O) groups excluding carboxylic acids is 3. The Hall–Kier alpha value is -2.83. The molecule has 7 heteroatoms. The van der Waals surface area contributed by atoms with E-state index in [2.05, 4.69) is 16.0 Å². The molecular weight excluding hydrogens is 346 g/mol. The Morgan fingerprint density at radius 3 is 2.44 bits per heavy atom. The molecule has 0 saturated heterocycles. The second kappa shape index (κ2) is 10.4. The SMILES string of the molecule is CC(C)=CC(=O)Nc1cccc(CNC(=O)CCNC(=O)OC(C)(C)C)c1. The number of ether oxygens (including phenoxy) is 1. The van der Waals surface area contributed by atoms with E-state index in [9.17, 15) is 14.4 Å². The molecule has 27 heavy (non-hydrogen) atoms. The Morgan fingerprint density at radius 2 is 1.81 bits per heavy atom. The monoisotopic (exact) mass is 375 g/mol. The van der Waals surface area contributed by atoms with Crippen molar-refractivity contribution in [1.29, 1.82) is 0 Å². The molecule has 7 nitrogen and oxygen atoms in total. The van der Waals surface area contributed by atoms with Gasteiger partial charge in [-0.1, -0.05) is 17.7 Å². The van der Waals surface area contributed by atoms with Gasteiger partial charge in [0.25, 0.3) is 0 Å². The molecule has 1 rings (SSSR count). The third-order valence-electron chi connectivity index (χ3n) is 3.12. The zero-order chi connectivity index (χ0) is 20.4. The van der Waals surface area contributed by atoms with Crippen LogP contribution in [0.3, 0.4) is 0 Å². The van der Waals surface area contributed by atoms with E-state index in [0.717, 1.165) is 11.1 Å². The van der Waals surface area contributed by atoms with Gasteiger partial charge in [0.2, 0.25) is 11.8 Å². The summed E-state index contributed by atoms with van der Waals surface area (Å²) in [4.78, 5) is 35.2. The van der Waals surface area contributed by atoms with Crippen molar-refractivity contribution >= 4 is 23.6 Å². The Morgan fingerprint density at radius 1 is 1.11 bits per heavy atom. The molecule has 0 radical (unpaired) electrons. The second-order valence-corrected chi connectivity index (χ2v) is 7.37. The fourth-order valence-electron chi connectivity index (χ4n) is 2.08. The summed E-state index contributed by atoms with van der Waals surface area (Å²) in [6.07, 6.45) is 1.12. The number of hydrogen-bond acceptors (Lipinski definition) is 4. The topological polar surface area (TPSA) is 96.5 Å². The summed E-state index contributed by atoms with van der Waals surface area (Å²) in [5.41, 5.74) is 1.86. The van der Waals surface area contributed by atoms with Crippen molar-refractivity contribution < 1.29 is 19.1 Å².